The van der Waals surface area contributed by atoms with Crippen molar-refractivity contribution in [2.45, 2.75) is 9.79 Å². The van der Waals surface area contributed by atoms with E-state index in [2.05, 4.69) is 5.43 Å². The molecule has 34 heavy (non-hydrogen) atoms. The van der Waals surface area contributed by atoms with Crippen LogP contribution < -0.4 is 5.43 Å². The smallest absolute Gasteiger partial charge is 0.267 e. The molecule has 1 aliphatic heterocycles. The summed E-state index contributed by atoms with van der Waals surface area (Å²) in [6, 6.07) is 20.1. The Morgan fingerprint density at radius 2 is 1.82 bits per heavy atom. The number of hydrogen-bond acceptors (Lipinski definition) is 7. The summed E-state index contributed by atoms with van der Waals surface area (Å²) in [6.07, 6.45) is 1.51. The third-order valence-corrected chi connectivity index (χ3v) is 7.19. The van der Waals surface area contributed by atoms with Crippen molar-refractivity contribution in [3.05, 3.63) is 104 Å². The Kier molecular flexibility index (Phi) is 7.32. The van der Waals surface area contributed by atoms with E-state index >= 15 is 0 Å². The van der Waals surface area contributed by atoms with Crippen LogP contribution in [0.2, 0.25) is 5.02 Å². The third-order valence-electron chi connectivity index (χ3n) is 4.56. The number of hydrogen-bond donors (Lipinski definition) is 1. The minimum atomic E-state index is -0.512. The van der Waals surface area contributed by atoms with Gasteiger partial charge in [-0.15, -0.1) is 0 Å². The molecule has 0 spiro atoms. The predicted octanol–water partition coefficient (Wildman–Crippen LogP) is 5.95. The number of amides is 2. The van der Waals surface area contributed by atoms with Crippen LogP contribution in [0, 0.1) is 10.1 Å². The highest BCUT2D eigenvalue weighted by atomic mass is 35.5. The average Bonchev–Trinajstić information content (AvgIpc) is 3.09. The summed E-state index contributed by atoms with van der Waals surface area (Å²) in [7, 11) is 0. The number of benzene rings is 3. The highest BCUT2D eigenvalue weighted by Gasteiger charge is 2.34. The third kappa shape index (κ3) is 5.48. The van der Waals surface area contributed by atoms with Crippen LogP contribution in [0.4, 0.5) is 5.69 Å². The molecule has 0 unspecified atom stereocenters. The minimum Gasteiger partial charge on any atom is -0.267 e. The first-order valence-electron chi connectivity index (χ1n) is 9.67. The Hall–Kier alpha value is -3.18. The molecule has 11 heteroatoms. The van der Waals surface area contributed by atoms with Gasteiger partial charge in [0.2, 0.25) is 0 Å². The van der Waals surface area contributed by atoms with E-state index in [1.807, 2.05) is 0 Å². The fourth-order valence-electron chi connectivity index (χ4n) is 2.95. The van der Waals surface area contributed by atoms with E-state index in [9.17, 15) is 19.7 Å². The summed E-state index contributed by atoms with van der Waals surface area (Å²) in [5.74, 6) is -0.987. The summed E-state index contributed by atoms with van der Waals surface area (Å²) in [5, 5.41) is 13.3. The second-order valence-corrected chi connectivity index (χ2v) is 10.1. The van der Waals surface area contributed by atoms with Crippen LogP contribution in [0.3, 0.4) is 0 Å². The second kappa shape index (κ2) is 10.4. The van der Waals surface area contributed by atoms with E-state index in [1.165, 1.54) is 23.9 Å². The molecule has 0 aromatic heterocycles. The van der Waals surface area contributed by atoms with Crippen LogP contribution in [0.25, 0.3) is 6.08 Å². The largest absolute Gasteiger partial charge is 0.285 e. The number of carbonyl (C=O) groups is 2. The van der Waals surface area contributed by atoms with Gasteiger partial charge in [-0.05, 0) is 66.3 Å². The fourth-order valence-corrected chi connectivity index (χ4v) is 5.16. The number of nitrogens with zero attached hydrogens (tertiary/aromatic N) is 2. The van der Waals surface area contributed by atoms with E-state index in [0.717, 1.165) is 21.7 Å². The Balaban J connectivity index is 1.55. The molecule has 0 atom stereocenters. The minimum absolute atomic E-state index is 0.0958. The Morgan fingerprint density at radius 1 is 1.12 bits per heavy atom. The van der Waals surface area contributed by atoms with Gasteiger partial charge in [-0.1, -0.05) is 59.4 Å². The Bertz CT molecular complexity index is 1330. The van der Waals surface area contributed by atoms with Gasteiger partial charge in [-0.3, -0.25) is 25.1 Å². The number of carbonyl (C=O) groups excluding carboxylic acids is 2. The molecule has 0 radical (unpaired) electrons. The molecule has 1 aliphatic rings. The highest BCUT2D eigenvalue weighted by Crippen LogP contribution is 2.37. The van der Waals surface area contributed by atoms with Crippen molar-refractivity contribution in [2.75, 3.05) is 0 Å². The van der Waals surface area contributed by atoms with Gasteiger partial charge >= 0.3 is 0 Å². The lowest BCUT2D eigenvalue weighted by Gasteiger charge is -2.15. The summed E-state index contributed by atoms with van der Waals surface area (Å²) in [4.78, 5) is 37.9. The number of nitro benzene ring substituents is 1. The molecule has 0 saturated carbocycles. The standard InChI is InChI=1S/C23H14ClN3O4S3/c24-16-7-9-17(10-8-16)33-19-11-6-14(12-18(19)27(30)31)13-20-22(29)26(23(32)34-20)25-21(28)15-4-2-1-3-5-15/h1-13H,(H,25,28). The maximum Gasteiger partial charge on any atom is 0.285 e. The van der Waals surface area contributed by atoms with Crippen molar-refractivity contribution in [3.8, 4) is 0 Å². The molecule has 3 aromatic rings. The van der Waals surface area contributed by atoms with E-state index in [4.69, 9.17) is 23.8 Å². The van der Waals surface area contributed by atoms with Gasteiger partial charge in [-0.2, -0.15) is 5.01 Å². The second-order valence-electron chi connectivity index (χ2n) is 6.86. The normalized spacial score (nSPS) is 14.5. The zero-order chi connectivity index (χ0) is 24.2. The highest BCUT2D eigenvalue weighted by molar-refractivity contribution is 8.26. The molecule has 3 aromatic carbocycles. The average molecular weight is 528 g/mol. The van der Waals surface area contributed by atoms with E-state index < -0.39 is 16.7 Å². The molecule has 0 bridgehead atoms. The number of thioether (sulfide) groups is 1. The zero-order valence-corrected chi connectivity index (χ0v) is 20.3. The van der Waals surface area contributed by atoms with Crippen LogP contribution in [0.1, 0.15) is 15.9 Å². The van der Waals surface area contributed by atoms with Crippen molar-refractivity contribution in [1.82, 2.24) is 10.4 Å². The molecule has 1 N–H and O–H groups in total. The quantitative estimate of drug-likeness (QED) is 0.183. The first kappa shape index (κ1) is 24.0. The lowest BCUT2D eigenvalue weighted by molar-refractivity contribution is -0.387. The van der Waals surface area contributed by atoms with Crippen molar-refractivity contribution >= 4 is 75.2 Å². The Morgan fingerprint density at radius 3 is 2.50 bits per heavy atom. The number of nitro groups is 1. The van der Waals surface area contributed by atoms with Crippen molar-refractivity contribution in [2.24, 2.45) is 0 Å². The first-order chi connectivity index (χ1) is 16.3. The molecule has 1 saturated heterocycles. The van der Waals surface area contributed by atoms with Crippen molar-refractivity contribution in [3.63, 3.8) is 0 Å². The molecule has 1 heterocycles. The summed E-state index contributed by atoms with van der Waals surface area (Å²) >= 11 is 13.4. The molecule has 2 amide bonds. The van der Waals surface area contributed by atoms with E-state index in [-0.39, 0.29) is 14.9 Å². The molecule has 4 rings (SSSR count). The van der Waals surface area contributed by atoms with Gasteiger partial charge in [0, 0.05) is 21.5 Å². The Labute approximate surface area is 213 Å². The maximum atomic E-state index is 12.8. The van der Waals surface area contributed by atoms with Gasteiger partial charge in [0.1, 0.15) is 0 Å². The fraction of sp³-hybridized carbons (Fsp3) is 0. The number of rotatable bonds is 6. The number of hydrazine groups is 1. The van der Waals surface area contributed by atoms with Crippen LogP contribution in [-0.4, -0.2) is 26.1 Å². The molecule has 1 fully saturated rings. The van der Waals surface area contributed by atoms with Gasteiger partial charge in [0.05, 0.1) is 14.7 Å². The van der Waals surface area contributed by atoms with Crippen LogP contribution in [0.15, 0.2) is 87.5 Å². The number of nitrogens with one attached hydrogen (secondary N) is 1. The molecule has 7 nitrogen and oxygen atoms in total. The van der Waals surface area contributed by atoms with E-state index in [0.29, 0.717) is 21.0 Å². The molecule has 0 aliphatic carbocycles. The molecule has 170 valence electrons. The lowest BCUT2D eigenvalue weighted by Crippen LogP contribution is -2.44. The molecular weight excluding hydrogens is 514 g/mol. The van der Waals surface area contributed by atoms with Crippen LogP contribution >= 0.6 is 47.3 Å². The van der Waals surface area contributed by atoms with Gasteiger partial charge in [0.15, 0.2) is 4.32 Å². The van der Waals surface area contributed by atoms with Crippen molar-refractivity contribution in [1.29, 1.82) is 0 Å². The summed E-state index contributed by atoms with van der Waals surface area (Å²) in [5.41, 5.74) is 3.25. The SMILES string of the molecule is O=C(NN1C(=O)C(=Cc2ccc(Sc3ccc(Cl)cc3)c([N+](=O)[O-])c2)SC1=S)c1ccccc1. The van der Waals surface area contributed by atoms with Crippen LogP contribution in [-0.2, 0) is 4.79 Å². The summed E-state index contributed by atoms with van der Waals surface area (Å²) in [6.45, 7) is 0. The monoisotopic (exact) mass is 527 g/mol. The van der Waals surface area contributed by atoms with Crippen LogP contribution in [0.5, 0.6) is 0 Å². The van der Waals surface area contributed by atoms with Gasteiger partial charge in [-0.25, -0.2) is 0 Å². The number of thiocarbonyl (C=S) groups is 1. The van der Waals surface area contributed by atoms with Crippen molar-refractivity contribution < 1.29 is 14.5 Å². The predicted molar refractivity (Wildman–Crippen MR) is 138 cm³/mol. The zero-order valence-electron chi connectivity index (χ0n) is 17.1. The topological polar surface area (TPSA) is 92.6 Å². The van der Waals surface area contributed by atoms with E-state index in [1.54, 1.807) is 66.7 Å². The summed E-state index contributed by atoms with van der Waals surface area (Å²) < 4.78 is 0.157. The number of halogens is 1. The first-order valence-corrected chi connectivity index (χ1v) is 12.1. The van der Waals surface area contributed by atoms with Gasteiger partial charge < -0.3 is 0 Å². The maximum absolute atomic E-state index is 12.8. The molecular formula is C23H14ClN3O4S3. The lowest BCUT2D eigenvalue weighted by atomic mass is 10.2. The van der Waals surface area contributed by atoms with Gasteiger partial charge in [0.25, 0.3) is 17.5 Å².